The molecule has 1 aliphatic heterocycles. The number of fused-ring (bicyclic) bond motifs is 1. The predicted octanol–water partition coefficient (Wildman–Crippen LogP) is 4.75. The molecule has 0 bridgehead atoms. The molecule has 1 aliphatic rings. The number of aryl methyl sites for hydroxylation is 1. The van der Waals surface area contributed by atoms with E-state index < -0.39 is 11.7 Å². The second kappa shape index (κ2) is 8.97. The van der Waals surface area contributed by atoms with Crippen molar-refractivity contribution < 1.29 is 22.7 Å². The number of pyridine rings is 2. The zero-order valence-electron chi connectivity index (χ0n) is 18.4. The number of carbonyl (C=O) groups is 1. The number of rotatable bonds is 5. The summed E-state index contributed by atoms with van der Waals surface area (Å²) < 4.78 is 44.5. The Morgan fingerprint density at radius 2 is 2.06 bits per heavy atom. The molecule has 3 heterocycles. The Labute approximate surface area is 189 Å². The summed E-state index contributed by atoms with van der Waals surface area (Å²) in [5.41, 5.74) is 7.37. The van der Waals surface area contributed by atoms with E-state index in [1.807, 2.05) is 19.9 Å². The summed E-state index contributed by atoms with van der Waals surface area (Å²) in [6.45, 7) is 4.43. The third kappa shape index (κ3) is 4.93. The van der Waals surface area contributed by atoms with Gasteiger partial charge in [0.05, 0.1) is 35.5 Å². The van der Waals surface area contributed by atoms with Gasteiger partial charge in [0.15, 0.2) is 0 Å². The molecule has 0 radical (unpaired) electrons. The predicted molar refractivity (Wildman–Crippen MR) is 118 cm³/mol. The maximum atomic E-state index is 13.6. The Morgan fingerprint density at radius 1 is 1.27 bits per heavy atom. The van der Waals surface area contributed by atoms with Crippen LogP contribution in [0.2, 0.25) is 0 Å². The van der Waals surface area contributed by atoms with Gasteiger partial charge in [-0.3, -0.25) is 9.78 Å². The summed E-state index contributed by atoms with van der Waals surface area (Å²) in [6.07, 6.45) is -2.10. The molecule has 0 spiro atoms. The Bertz CT molecular complexity index is 1160. The molecule has 6 nitrogen and oxygen atoms in total. The van der Waals surface area contributed by atoms with Gasteiger partial charge in [-0.05, 0) is 68.7 Å². The van der Waals surface area contributed by atoms with Gasteiger partial charge in [0.2, 0.25) is 0 Å². The second-order valence-electron chi connectivity index (χ2n) is 8.36. The molecule has 1 saturated heterocycles. The number of hydrogen-bond acceptors (Lipinski definition) is 5. The van der Waals surface area contributed by atoms with Crippen LogP contribution in [0.5, 0.6) is 0 Å². The molecule has 1 amide bonds. The van der Waals surface area contributed by atoms with Gasteiger partial charge in [0, 0.05) is 23.8 Å². The number of nitrogens with zero attached hydrogens (tertiary/aromatic N) is 3. The quantitative estimate of drug-likeness (QED) is 0.597. The highest BCUT2D eigenvalue weighted by Gasteiger charge is 2.33. The lowest BCUT2D eigenvalue weighted by molar-refractivity contribution is -0.137. The van der Waals surface area contributed by atoms with Crippen LogP contribution in [0.25, 0.3) is 10.9 Å². The molecule has 174 valence electrons. The van der Waals surface area contributed by atoms with Gasteiger partial charge in [-0.2, -0.15) is 13.2 Å². The highest BCUT2D eigenvalue weighted by Crippen LogP contribution is 2.29. The van der Waals surface area contributed by atoms with Crippen LogP contribution >= 0.6 is 0 Å². The number of nitrogens with two attached hydrogens (primary N) is 1. The molecule has 4 rings (SSSR count). The number of aromatic nitrogens is 2. The van der Waals surface area contributed by atoms with Crippen molar-refractivity contribution in [1.29, 1.82) is 0 Å². The van der Waals surface area contributed by atoms with E-state index in [0.29, 0.717) is 29.2 Å². The number of amides is 1. The van der Waals surface area contributed by atoms with E-state index in [4.69, 9.17) is 10.5 Å². The highest BCUT2D eigenvalue weighted by molar-refractivity contribution is 5.98. The van der Waals surface area contributed by atoms with Gasteiger partial charge in [-0.15, -0.1) is 0 Å². The van der Waals surface area contributed by atoms with Gasteiger partial charge in [-0.1, -0.05) is 0 Å². The van der Waals surface area contributed by atoms with Crippen molar-refractivity contribution in [3.8, 4) is 0 Å². The fraction of sp³-hybridized carbons (Fsp3) is 0.375. The van der Waals surface area contributed by atoms with Crippen molar-refractivity contribution in [3.63, 3.8) is 0 Å². The average molecular weight is 458 g/mol. The van der Waals surface area contributed by atoms with Crippen molar-refractivity contribution in [2.24, 2.45) is 0 Å². The second-order valence-corrected chi connectivity index (χ2v) is 8.36. The van der Waals surface area contributed by atoms with Crippen molar-refractivity contribution in [2.45, 2.75) is 51.6 Å². The molecule has 3 aromatic rings. The van der Waals surface area contributed by atoms with E-state index in [9.17, 15) is 18.0 Å². The van der Waals surface area contributed by atoms with Crippen LogP contribution in [-0.4, -0.2) is 39.5 Å². The molecular weight excluding hydrogens is 433 g/mol. The number of alkyl halides is 3. The number of halogens is 3. The van der Waals surface area contributed by atoms with E-state index in [2.05, 4.69) is 9.97 Å². The molecular formula is C24H25F3N4O2. The van der Waals surface area contributed by atoms with Gasteiger partial charge in [0.1, 0.15) is 5.82 Å². The minimum Gasteiger partial charge on any atom is -0.383 e. The van der Waals surface area contributed by atoms with Crippen molar-refractivity contribution in [1.82, 2.24) is 14.9 Å². The van der Waals surface area contributed by atoms with Gasteiger partial charge >= 0.3 is 6.18 Å². The first-order valence-corrected chi connectivity index (χ1v) is 10.7. The molecule has 0 saturated carbocycles. The molecule has 33 heavy (non-hydrogen) atoms. The van der Waals surface area contributed by atoms with E-state index in [1.165, 1.54) is 6.07 Å². The standard InChI is InChI=1S/C24H25F3N4O2/c1-14-10-17-11-16(5-8-20(17)30-22(14)28)23(32)31(15(2)21-4-3-9-33-21)13-19-7-6-18(12-29-19)24(25,26)27/h5-8,10-12,15,21H,3-4,9,13H2,1-2H3,(H2,28,30). The molecule has 9 heteroatoms. The van der Waals surface area contributed by atoms with E-state index >= 15 is 0 Å². The smallest absolute Gasteiger partial charge is 0.383 e. The summed E-state index contributed by atoms with van der Waals surface area (Å²) in [7, 11) is 0. The normalized spacial score (nSPS) is 17.3. The third-order valence-corrected chi connectivity index (χ3v) is 6.03. The van der Waals surface area contributed by atoms with Crippen LogP contribution in [0.15, 0.2) is 42.6 Å². The van der Waals surface area contributed by atoms with Crippen molar-refractivity contribution in [2.75, 3.05) is 12.3 Å². The largest absolute Gasteiger partial charge is 0.417 e. The van der Waals surface area contributed by atoms with Crippen molar-refractivity contribution in [3.05, 3.63) is 65.0 Å². The van der Waals surface area contributed by atoms with Crippen LogP contribution in [-0.2, 0) is 17.5 Å². The van der Waals surface area contributed by atoms with E-state index in [0.717, 1.165) is 36.1 Å². The van der Waals surface area contributed by atoms with Crippen LogP contribution in [0, 0.1) is 6.92 Å². The summed E-state index contributed by atoms with van der Waals surface area (Å²) >= 11 is 0. The first-order valence-electron chi connectivity index (χ1n) is 10.7. The van der Waals surface area contributed by atoms with E-state index in [-0.39, 0.29) is 24.6 Å². The van der Waals surface area contributed by atoms with Crippen LogP contribution in [0.3, 0.4) is 0 Å². The average Bonchev–Trinajstić information content (AvgIpc) is 3.32. The lowest BCUT2D eigenvalue weighted by Crippen LogP contribution is -2.44. The molecule has 2 aromatic heterocycles. The monoisotopic (exact) mass is 458 g/mol. The first kappa shape index (κ1) is 23.0. The Hall–Kier alpha value is -3.20. The Morgan fingerprint density at radius 3 is 2.70 bits per heavy atom. The number of nitrogen functional groups attached to an aromatic ring is 1. The van der Waals surface area contributed by atoms with Crippen LogP contribution in [0.1, 0.15) is 46.9 Å². The summed E-state index contributed by atoms with van der Waals surface area (Å²) in [4.78, 5) is 23.5. The third-order valence-electron chi connectivity index (χ3n) is 6.03. The maximum Gasteiger partial charge on any atom is 0.417 e. The van der Waals surface area contributed by atoms with Crippen LogP contribution in [0.4, 0.5) is 19.0 Å². The fourth-order valence-electron chi connectivity index (χ4n) is 4.04. The van der Waals surface area contributed by atoms with Gasteiger partial charge < -0.3 is 15.4 Å². The minimum absolute atomic E-state index is 0.0645. The molecule has 2 atom stereocenters. The lowest BCUT2D eigenvalue weighted by atomic mass is 10.0. The van der Waals surface area contributed by atoms with Crippen LogP contribution < -0.4 is 5.73 Å². The first-order chi connectivity index (χ1) is 15.6. The summed E-state index contributed by atoms with van der Waals surface area (Å²) in [6, 6.07) is 9.06. The Balaban J connectivity index is 1.66. The molecule has 2 N–H and O–H groups in total. The SMILES string of the molecule is Cc1cc2cc(C(=O)N(Cc3ccc(C(F)(F)F)cn3)C(C)C3CCCO3)ccc2nc1N. The number of anilines is 1. The summed E-state index contributed by atoms with van der Waals surface area (Å²) in [5, 5.41) is 0.782. The zero-order chi connectivity index (χ0) is 23.8. The van der Waals surface area contributed by atoms with Gasteiger partial charge in [0.25, 0.3) is 5.91 Å². The lowest BCUT2D eigenvalue weighted by Gasteiger charge is -2.32. The molecule has 1 aromatic carbocycles. The van der Waals surface area contributed by atoms with Gasteiger partial charge in [-0.25, -0.2) is 4.98 Å². The number of ether oxygens (including phenoxy) is 1. The highest BCUT2D eigenvalue weighted by atomic mass is 19.4. The minimum atomic E-state index is -4.47. The number of benzene rings is 1. The zero-order valence-corrected chi connectivity index (χ0v) is 18.4. The maximum absolute atomic E-state index is 13.6. The number of carbonyl (C=O) groups excluding carboxylic acids is 1. The van der Waals surface area contributed by atoms with Crippen molar-refractivity contribution >= 4 is 22.6 Å². The molecule has 1 fully saturated rings. The molecule has 0 aliphatic carbocycles. The summed E-state index contributed by atoms with van der Waals surface area (Å²) in [5.74, 6) is 0.180. The Kier molecular flexibility index (Phi) is 6.25. The number of hydrogen-bond donors (Lipinski definition) is 1. The molecule has 2 unspecified atom stereocenters. The topological polar surface area (TPSA) is 81.3 Å². The van der Waals surface area contributed by atoms with E-state index in [1.54, 1.807) is 23.1 Å². The fourth-order valence-corrected chi connectivity index (χ4v) is 4.04.